The van der Waals surface area contributed by atoms with Gasteiger partial charge in [-0.05, 0) is 38.0 Å². The van der Waals surface area contributed by atoms with Gasteiger partial charge in [0.25, 0.3) is 0 Å². The molecule has 2 aliphatic heterocycles. The highest BCUT2D eigenvalue weighted by Crippen LogP contribution is 2.35. The minimum atomic E-state index is -0.191. The van der Waals surface area contributed by atoms with Gasteiger partial charge in [0.2, 0.25) is 0 Å². The molecule has 0 aliphatic carbocycles. The SMILES string of the molecule is CC(C)N1C(=O)OCC12CCN(Cc1cccc(C#N)c1)C2. The van der Waals surface area contributed by atoms with Crippen LogP contribution >= 0.6 is 0 Å². The van der Waals surface area contributed by atoms with Crippen molar-refractivity contribution in [2.75, 3.05) is 19.7 Å². The third-order valence-corrected chi connectivity index (χ3v) is 4.56. The molecule has 2 fully saturated rings. The molecule has 1 spiro atoms. The summed E-state index contributed by atoms with van der Waals surface area (Å²) in [5, 5.41) is 8.99. The molecule has 22 heavy (non-hydrogen) atoms. The van der Waals surface area contributed by atoms with Gasteiger partial charge >= 0.3 is 6.09 Å². The average molecular weight is 299 g/mol. The van der Waals surface area contributed by atoms with Crippen LogP contribution in [0.5, 0.6) is 0 Å². The molecule has 0 radical (unpaired) electrons. The monoisotopic (exact) mass is 299 g/mol. The van der Waals surface area contributed by atoms with Crippen LogP contribution in [-0.2, 0) is 11.3 Å². The lowest BCUT2D eigenvalue weighted by atomic mass is 9.97. The number of nitriles is 1. The van der Waals surface area contributed by atoms with E-state index in [9.17, 15) is 4.79 Å². The van der Waals surface area contributed by atoms with E-state index in [1.165, 1.54) is 0 Å². The number of amides is 1. The summed E-state index contributed by atoms with van der Waals surface area (Å²) in [5.74, 6) is 0. The molecular weight excluding hydrogens is 278 g/mol. The summed E-state index contributed by atoms with van der Waals surface area (Å²) in [5.41, 5.74) is 1.64. The lowest BCUT2D eigenvalue weighted by Gasteiger charge is -2.34. The highest BCUT2D eigenvalue weighted by Gasteiger charge is 2.52. The second-order valence-electron chi connectivity index (χ2n) is 6.52. The molecule has 116 valence electrons. The summed E-state index contributed by atoms with van der Waals surface area (Å²) in [6.07, 6.45) is 0.748. The largest absolute Gasteiger partial charge is 0.447 e. The zero-order valence-electron chi connectivity index (χ0n) is 13.1. The summed E-state index contributed by atoms with van der Waals surface area (Å²) < 4.78 is 5.32. The fourth-order valence-electron chi connectivity index (χ4n) is 3.67. The van der Waals surface area contributed by atoms with E-state index in [2.05, 4.69) is 11.0 Å². The van der Waals surface area contributed by atoms with Gasteiger partial charge in [0.05, 0.1) is 17.2 Å². The van der Waals surface area contributed by atoms with Crippen LogP contribution in [0.15, 0.2) is 24.3 Å². The summed E-state index contributed by atoms with van der Waals surface area (Å²) in [4.78, 5) is 16.2. The number of likely N-dealkylation sites (tertiary alicyclic amines) is 1. The number of ether oxygens (including phenoxy) is 1. The summed E-state index contributed by atoms with van der Waals surface area (Å²) in [6, 6.07) is 10.0. The van der Waals surface area contributed by atoms with Crippen molar-refractivity contribution in [3.05, 3.63) is 35.4 Å². The normalized spacial score (nSPS) is 25.0. The number of rotatable bonds is 3. The van der Waals surface area contributed by atoms with Crippen LogP contribution in [0.3, 0.4) is 0 Å². The fraction of sp³-hybridized carbons (Fsp3) is 0.529. The quantitative estimate of drug-likeness (QED) is 0.860. The predicted octanol–water partition coefficient (Wildman–Crippen LogP) is 2.36. The summed E-state index contributed by atoms with van der Waals surface area (Å²) >= 11 is 0. The standard InChI is InChI=1S/C17H21N3O2/c1-13(2)20-16(21)22-12-17(20)6-7-19(11-17)10-15-5-3-4-14(8-15)9-18/h3-5,8,13H,6-7,10-12H2,1-2H3. The highest BCUT2D eigenvalue weighted by molar-refractivity contribution is 5.71. The Balaban J connectivity index is 1.72. The van der Waals surface area contributed by atoms with E-state index < -0.39 is 0 Å². The van der Waals surface area contributed by atoms with Crippen molar-refractivity contribution >= 4 is 6.09 Å². The molecule has 1 amide bonds. The van der Waals surface area contributed by atoms with Gasteiger partial charge in [-0.3, -0.25) is 9.80 Å². The minimum absolute atomic E-state index is 0.150. The molecule has 2 heterocycles. The van der Waals surface area contributed by atoms with Gasteiger partial charge in [0.1, 0.15) is 6.61 Å². The van der Waals surface area contributed by atoms with E-state index >= 15 is 0 Å². The maximum atomic E-state index is 12.0. The van der Waals surface area contributed by atoms with Gasteiger partial charge in [0.15, 0.2) is 0 Å². The molecule has 0 aromatic heterocycles. The fourth-order valence-corrected chi connectivity index (χ4v) is 3.67. The van der Waals surface area contributed by atoms with E-state index in [0.29, 0.717) is 12.2 Å². The van der Waals surface area contributed by atoms with Crippen molar-refractivity contribution in [2.45, 2.75) is 38.4 Å². The van der Waals surface area contributed by atoms with Crippen molar-refractivity contribution in [1.29, 1.82) is 5.26 Å². The molecule has 2 aliphatic rings. The molecule has 0 saturated carbocycles. The Hall–Kier alpha value is -2.06. The van der Waals surface area contributed by atoms with Crippen LogP contribution in [0.2, 0.25) is 0 Å². The Morgan fingerprint density at radius 1 is 1.45 bits per heavy atom. The van der Waals surface area contributed by atoms with E-state index in [1.54, 1.807) is 0 Å². The van der Waals surface area contributed by atoms with Crippen LogP contribution in [-0.4, -0.2) is 47.2 Å². The van der Waals surface area contributed by atoms with Crippen LogP contribution in [0.25, 0.3) is 0 Å². The third kappa shape index (κ3) is 2.55. The second kappa shape index (κ2) is 5.62. The van der Waals surface area contributed by atoms with Crippen molar-refractivity contribution in [1.82, 2.24) is 9.80 Å². The number of carbonyl (C=O) groups excluding carboxylic acids is 1. The van der Waals surface area contributed by atoms with E-state index in [4.69, 9.17) is 10.00 Å². The Morgan fingerprint density at radius 3 is 3.00 bits per heavy atom. The van der Waals surface area contributed by atoms with E-state index in [1.807, 2.05) is 43.0 Å². The number of nitrogens with zero attached hydrogens (tertiary/aromatic N) is 3. The molecule has 5 heteroatoms. The van der Waals surface area contributed by atoms with Gasteiger partial charge in [-0.25, -0.2) is 4.79 Å². The second-order valence-corrected chi connectivity index (χ2v) is 6.52. The number of cyclic esters (lactones) is 1. The van der Waals surface area contributed by atoms with Crippen molar-refractivity contribution in [2.24, 2.45) is 0 Å². The van der Waals surface area contributed by atoms with E-state index in [0.717, 1.165) is 31.6 Å². The Labute approximate surface area is 131 Å². The van der Waals surface area contributed by atoms with Gasteiger partial charge in [-0.2, -0.15) is 5.26 Å². The molecule has 3 rings (SSSR count). The number of benzene rings is 1. The Kier molecular flexibility index (Phi) is 3.79. The van der Waals surface area contributed by atoms with Crippen molar-refractivity contribution in [3.8, 4) is 6.07 Å². The topological polar surface area (TPSA) is 56.6 Å². The maximum Gasteiger partial charge on any atom is 0.410 e. The average Bonchev–Trinajstić information content (AvgIpc) is 3.03. The first-order valence-corrected chi connectivity index (χ1v) is 7.71. The minimum Gasteiger partial charge on any atom is -0.447 e. The first kappa shape index (κ1) is 14.9. The molecule has 1 atom stereocenters. The first-order valence-electron chi connectivity index (χ1n) is 7.71. The van der Waals surface area contributed by atoms with E-state index in [-0.39, 0.29) is 17.7 Å². The van der Waals surface area contributed by atoms with Crippen LogP contribution in [0.1, 0.15) is 31.4 Å². The molecule has 0 N–H and O–H groups in total. The highest BCUT2D eigenvalue weighted by atomic mass is 16.6. The van der Waals surface area contributed by atoms with Gasteiger partial charge in [-0.15, -0.1) is 0 Å². The molecule has 5 nitrogen and oxygen atoms in total. The lowest BCUT2D eigenvalue weighted by molar-refractivity contribution is 0.128. The Bertz CT molecular complexity index is 623. The maximum absolute atomic E-state index is 12.0. The molecule has 1 unspecified atom stereocenters. The van der Waals surface area contributed by atoms with Crippen molar-refractivity contribution < 1.29 is 9.53 Å². The molecule has 1 aromatic rings. The Morgan fingerprint density at radius 2 is 2.27 bits per heavy atom. The lowest BCUT2D eigenvalue weighted by Crippen LogP contribution is -2.52. The first-order chi connectivity index (χ1) is 10.5. The predicted molar refractivity (Wildman–Crippen MR) is 82.1 cm³/mol. The number of hydrogen-bond acceptors (Lipinski definition) is 4. The number of carbonyl (C=O) groups is 1. The van der Waals surface area contributed by atoms with Crippen LogP contribution < -0.4 is 0 Å². The summed E-state index contributed by atoms with van der Waals surface area (Å²) in [6.45, 7) is 7.13. The van der Waals surface area contributed by atoms with Crippen molar-refractivity contribution in [3.63, 3.8) is 0 Å². The van der Waals surface area contributed by atoms with Crippen LogP contribution in [0, 0.1) is 11.3 Å². The van der Waals surface area contributed by atoms with Gasteiger partial charge < -0.3 is 4.74 Å². The zero-order valence-corrected chi connectivity index (χ0v) is 13.1. The van der Waals surface area contributed by atoms with Crippen LogP contribution in [0.4, 0.5) is 4.79 Å². The third-order valence-electron chi connectivity index (χ3n) is 4.56. The van der Waals surface area contributed by atoms with Gasteiger partial charge in [0, 0.05) is 25.7 Å². The number of hydrogen-bond donors (Lipinski definition) is 0. The molecule has 2 saturated heterocycles. The molecule has 0 bridgehead atoms. The van der Waals surface area contributed by atoms with Gasteiger partial charge in [-0.1, -0.05) is 12.1 Å². The molecular formula is C17H21N3O2. The zero-order chi connectivity index (χ0) is 15.7. The summed E-state index contributed by atoms with van der Waals surface area (Å²) in [7, 11) is 0. The molecule has 1 aromatic carbocycles. The smallest absolute Gasteiger partial charge is 0.410 e.